The maximum absolute atomic E-state index is 11.6. The van der Waals surface area contributed by atoms with Gasteiger partial charge in [0.1, 0.15) is 11.5 Å². The molecule has 0 unspecified atom stereocenters. The molecule has 0 aliphatic heterocycles. The predicted octanol–water partition coefficient (Wildman–Crippen LogP) is 2.60. The first kappa shape index (κ1) is 18.4. The molecule has 7 heteroatoms. The van der Waals surface area contributed by atoms with E-state index >= 15 is 0 Å². The number of carbonyl (C=O) groups is 2. The van der Waals surface area contributed by atoms with Crippen LogP contribution < -0.4 is 9.31 Å². The van der Waals surface area contributed by atoms with Crippen LogP contribution >= 0.6 is 0 Å². The molecular weight excluding hydrogens is 323 g/mol. The monoisotopic (exact) mass is 342 g/mol. The van der Waals surface area contributed by atoms with Crippen molar-refractivity contribution in [2.75, 3.05) is 14.2 Å². The standard InChI is InChI=1S/C18H19BO6/c1-11-9-13(5-7-15(11)17(20)22-3)24-19-25-14-6-8-16(12(2)10-14)18(21)23-4/h5-10,19H,1-4H3. The van der Waals surface area contributed by atoms with Crippen molar-refractivity contribution in [3.05, 3.63) is 58.7 Å². The van der Waals surface area contributed by atoms with Crippen LogP contribution in [0.5, 0.6) is 11.5 Å². The van der Waals surface area contributed by atoms with Gasteiger partial charge in [0.2, 0.25) is 0 Å². The minimum atomic E-state index is -0.388. The summed E-state index contributed by atoms with van der Waals surface area (Å²) in [6.07, 6.45) is 0. The van der Waals surface area contributed by atoms with Crippen molar-refractivity contribution in [2.45, 2.75) is 13.8 Å². The maximum Gasteiger partial charge on any atom is 0.576 e. The molecule has 0 saturated carbocycles. The third-order valence-electron chi connectivity index (χ3n) is 3.66. The molecule has 0 fully saturated rings. The van der Waals surface area contributed by atoms with Crippen molar-refractivity contribution in [2.24, 2.45) is 0 Å². The topological polar surface area (TPSA) is 71.1 Å². The summed E-state index contributed by atoms with van der Waals surface area (Å²) in [4.78, 5) is 23.1. The Morgan fingerprint density at radius 3 is 1.48 bits per heavy atom. The molecule has 0 heterocycles. The average Bonchev–Trinajstić information content (AvgIpc) is 2.60. The van der Waals surface area contributed by atoms with Crippen molar-refractivity contribution in [1.29, 1.82) is 0 Å². The molecule has 0 aromatic heterocycles. The zero-order valence-corrected chi connectivity index (χ0v) is 14.6. The van der Waals surface area contributed by atoms with Crippen molar-refractivity contribution < 1.29 is 28.4 Å². The largest absolute Gasteiger partial charge is 0.576 e. The molecule has 2 rings (SSSR count). The van der Waals surface area contributed by atoms with Crippen molar-refractivity contribution >= 4 is 19.6 Å². The molecule has 0 N–H and O–H groups in total. The second-order valence-corrected chi connectivity index (χ2v) is 5.34. The van der Waals surface area contributed by atoms with Gasteiger partial charge < -0.3 is 18.8 Å². The van der Waals surface area contributed by atoms with Gasteiger partial charge in [-0.15, -0.1) is 0 Å². The lowest BCUT2D eigenvalue weighted by Gasteiger charge is -2.11. The van der Waals surface area contributed by atoms with E-state index in [9.17, 15) is 9.59 Å². The first-order valence-corrected chi connectivity index (χ1v) is 7.59. The molecular formula is C18H19BO6. The van der Waals surface area contributed by atoms with Crippen LogP contribution in [0.3, 0.4) is 0 Å². The van der Waals surface area contributed by atoms with Gasteiger partial charge in [-0.05, 0) is 61.4 Å². The van der Waals surface area contributed by atoms with Gasteiger partial charge in [-0.3, -0.25) is 0 Å². The lowest BCUT2D eigenvalue weighted by molar-refractivity contribution is 0.0591. The van der Waals surface area contributed by atoms with Crippen LogP contribution in [0.4, 0.5) is 0 Å². The summed E-state index contributed by atoms with van der Waals surface area (Å²) in [5.41, 5.74) is 2.49. The lowest BCUT2D eigenvalue weighted by atomic mass is 10.1. The first-order chi connectivity index (χ1) is 12.0. The van der Waals surface area contributed by atoms with Crippen molar-refractivity contribution in [3.8, 4) is 11.5 Å². The summed E-state index contributed by atoms with van der Waals surface area (Å²) in [5.74, 6) is 0.379. The van der Waals surface area contributed by atoms with Gasteiger partial charge in [0, 0.05) is 0 Å². The fourth-order valence-electron chi connectivity index (χ4n) is 2.30. The molecule has 130 valence electrons. The van der Waals surface area contributed by atoms with Gasteiger partial charge in [0.25, 0.3) is 0 Å². The Bertz CT molecular complexity index is 722. The number of methoxy groups -OCH3 is 2. The summed E-state index contributed by atoms with van der Waals surface area (Å²) in [5, 5.41) is 0. The van der Waals surface area contributed by atoms with Gasteiger partial charge >= 0.3 is 19.6 Å². The number of aryl methyl sites for hydroxylation is 2. The van der Waals surface area contributed by atoms with Crippen LogP contribution in [0.2, 0.25) is 0 Å². The van der Waals surface area contributed by atoms with E-state index in [1.807, 2.05) is 0 Å². The van der Waals surface area contributed by atoms with Crippen LogP contribution in [-0.4, -0.2) is 33.8 Å². The summed E-state index contributed by atoms with van der Waals surface area (Å²) < 4.78 is 20.5. The number of ether oxygens (including phenoxy) is 2. The minimum absolute atomic E-state index is 0.00593. The van der Waals surface area contributed by atoms with Gasteiger partial charge in [0.15, 0.2) is 0 Å². The Hall–Kier alpha value is -2.96. The smallest absolute Gasteiger partial charge is 0.529 e. The molecule has 0 atom stereocenters. The van der Waals surface area contributed by atoms with E-state index in [0.29, 0.717) is 22.6 Å². The fraction of sp³-hybridized carbons (Fsp3) is 0.222. The van der Waals surface area contributed by atoms with E-state index in [1.54, 1.807) is 50.2 Å². The number of rotatable bonds is 6. The summed E-state index contributed by atoms with van der Waals surface area (Å²) in [6, 6.07) is 10.1. The first-order valence-electron chi connectivity index (χ1n) is 7.59. The van der Waals surface area contributed by atoms with E-state index in [4.69, 9.17) is 18.8 Å². The molecule has 0 amide bonds. The second-order valence-electron chi connectivity index (χ2n) is 5.34. The highest BCUT2D eigenvalue weighted by molar-refractivity contribution is 6.20. The van der Waals surface area contributed by atoms with Gasteiger partial charge in [-0.2, -0.15) is 0 Å². The van der Waals surface area contributed by atoms with E-state index in [-0.39, 0.29) is 19.6 Å². The number of hydrogen-bond donors (Lipinski definition) is 0. The Labute approximate surface area is 147 Å². The third kappa shape index (κ3) is 4.53. The Morgan fingerprint density at radius 1 is 0.760 bits per heavy atom. The van der Waals surface area contributed by atoms with Crippen molar-refractivity contribution in [3.63, 3.8) is 0 Å². The summed E-state index contributed by atoms with van der Waals surface area (Å²) in [6.45, 7) is 3.60. The van der Waals surface area contributed by atoms with Gasteiger partial charge in [-0.25, -0.2) is 9.59 Å². The van der Waals surface area contributed by atoms with E-state index in [1.165, 1.54) is 14.2 Å². The molecule has 0 spiro atoms. The van der Waals surface area contributed by atoms with Crippen LogP contribution in [0.1, 0.15) is 31.8 Å². The third-order valence-corrected chi connectivity index (χ3v) is 3.66. The Kier molecular flexibility index (Phi) is 6.06. The zero-order chi connectivity index (χ0) is 18.4. The van der Waals surface area contributed by atoms with Crippen LogP contribution in [0.25, 0.3) is 0 Å². The normalized spacial score (nSPS) is 9.92. The summed E-state index contributed by atoms with van der Waals surface area (Å²) >= 11 is 0. The SMILES string of the molecule is COC(=O)c1ccc(OBOc2ccc(C(=O)OC)c(C)c2)cc1C. The predicted molar refractivity (Wildman–Crippen MR) is 93.4 cm³/mol. The number of esters is 2. The highest BCUT2D eigenvalue weighted by atomic mass is 16.6. The van der Waals surface area contributed by atoms with E-state index in [0.717, 1.165) is 11.1 Å². The molecule has 0 aliphatic rings. The van der Waals surface area contributed by atoms with Gasteiger partial charge in [-0.1, -0.05) is 0 Å². The number of carbonyl (C=O) groups excluding carboxylic acids is 2. The van der Waals surface area contributed by atoms with Gasteiger partial charge in [0.05, 0.1) is 25.3 Å². The van der Waals surface area contributed by atoms with Crippen LogP contribution in [0.15, 0.2) is 36.4 Å². The second kappa shape index (κ2) is 8.23. The lowest BCUT2D eigenvalue weighted by Crippen LogP contribution is -2.12. The summed E-state index contributed by atoms with van der Waals surface area (Å²) in [7, 11) is 2.68. The minimum Gasteiger partial charge on any atom is -0.529 e. The highest BCUT2D eigenvalue weighted by Gasteiger charge is 2.12. The molecule has 0 saturated heterocycles. The number of hydrogen-bond acceptors (Lipinski definition) is 6. The fourth-order valence-corrected chi connectivity index (χ4v) is 2.30. The molecule has 0 radical (unpaired) electrons. The molecule has 25 heavy (non-hydrogen) atoms. The molecule has 2 aromatic rings. The maximum atomic E-state index is 11.6. The molecule has 6 nitrogen and oxygen atoms in total. The Morgan fingerprint density at radius 2 is 1.16 bits per heavy atom. The quantitative estimate of drug-likeness (QED) is 0.594. The van der Waals surface area contributed by atoms with E-state index in [2.05, 4.69) is 0 Å². The number of benzene rings is 2. The van der Waals surface area contributed by atoms with E-state index < -0.39 is 0 Å². The molecule has 2 aromatic carbocycles. The van der Waals surface area contributed by atoms with Crippen LogP contribution in [-0.2, 0) is 9.47 Å². The molecule has 0 aliphatic carbocycles. The van der Waals surface area contributed by atoms with Crippen molar-refractivity contribution in [1.82, 2.24) is 0 Å². The zero-order valence-electron chi connectivity index (χ0n) is 14.6. The highest BCUT2D eigenvalue weighted by Crippen LogP contribution is 2.20. The molecule has 0 bridgehead atoms. The Balaban J connectivity index is 1.97. The average molecular weight is 342 g/mol. The van der Waals surface area contributed by atoms with Crippen LogP contribution in [0, 0.1) is 13.8 Å².